The molecule has 1 aromatic heterocycles. The average molecular weight is 519 g/mol. The molecule has 0 bridgehead atoms. The fraction of sp³-hybridized carbons (Fsp3) is 0.320. The minimum absolute atomic E-state index is 0.0694. The predicted octanol–water partition coefficient (Wildman–Crippen LogP) is 4.52. The monoisotopic (exact) mass is 518 g/mol. The second-order valence-electron chi connectivity index (χ2n) is 8.23. The van der Waals surface area contributed by atoms with Crippen molar-refractivity contribution in [2.45, 2.75) is 24.3 Å². The highest BCUT2D eigenvalue weighted by atomic mass is 35.5. The Morgan fingerprint density at radius 2 is 1.85 bits per heavy atom. The van der Waals surface area contributed by atoms with Crippen molar-refractivity contribution < 1.29 is 17.9 Å². The first-order valence-electron chi connectivity index (χ1n) is 11.0. The molecule has 0 fully saturated rings. The molecule has 3 aromatic rings. The summed E-state index contributed by atoms with van der Waals surface area (Å²) >= 11 is 7.64. The molecule has 1 aliphatic rings. The molecule has 2 heterocycles. The average Bonchev–Trinajstić information content (AvgIpc) is 3.31. The number of hydrogen-bond acceptors (Lipinski definition) is 5. The van der Waals surface area contributed by atoms with Crippen LogP contribution in [0.5, 0.6) is 0 Å². The molecule has 180 valence electrons. The number of carbonyl (C=O) groups excluding carboxylic acids is 1. The highest BCUT2D eigenvalue weighted by Gasteiger charge is 2.35. The highest BCUT2D eigenvalue weighted by molar-refractivity contribution is 7.89. The number of hydrogen-bond donors (Lipinski definition) is 0. The van der Waals surface area contributed by atoms with Crippen LogP contribution in [0.15, 0.2) is 64.9 Å². The molecule has 6 nitrogen and oxygen atoms in total. The van der Waals surface area contributed by atoms with Gasteiger partial charge in [-0.15, -0.1) is 11.3 Å². The number of aryl methyl sites for hydroxylation is 1. The zero-order valence-electron chi connectivity index (χ0n) is 19.1. The fourth-order valence-electron chi connectivity index (χ4n) is 4.17. The second-order valence-corrected chi connectivity index (χ2v) is 11.6. The van der Waals surface area contributed by atoms with Gasteiger partial charge in [0.05, 0.1) is 24.1 Å². The van der Waals surface area contributed by atoms with E-state index in [1.54, 1.807) is 16.2 Å². The summed E-state index contributed by atoms with van der Waals surface area (Å²) in [4.78, 5) is 16.8. The van der Waals surface area contributed by atoms with Gasteiger partial charge in [-0.2, -0.15) is 4.31 Å². The molecule has 0 saturated carbocycles. The van der Waals surface area contributed by atoms with Crippen LogP contribution in [0, 0.1) is 6.92 Å². The SMILES string of the molecule is COCCN(CC(=O)N1CCc2sccc2C1c1ccc(C)cc1)S(=O)(=O)c1ccc(Cl)cc1. The van der Waals surface area contributed by atoms with Gasteiger partial charge in [-0.3, -0.25) is 4.79 Å². The lowest BCUT2D eigenvalue weighted by Gasteiger charge is -2.37. The van der Waals surface area contributed by atoms with Crippen LogP contribution in [0.4, 0.5) is 0 Å². The summed E-state index contributed by atoms with van der Waals surface area (Å²) in [7, 11) is -2.41. The molecule has 0 aliphatic carbocycles. The van der Waals surface area contributed by atoms with Gasteiger partial charge in [-0.05, 0) is 60.2 Å². The number of sulfonamides is 1. The Kier molecular flexibility index (Phi) is 7.74. The van der Waals surface area contributed by atoms with E-state index in [9.17, 15) is 13.2 Å². The molecule has 1 atom stereocenters. The number of ether oxygens (including phenoxy) is 1. The summed E-state index contributed by atoms with van der Waals surface area (Å²) in [5.41, 5.74) is 3.27. The topological polar surface area (TPSA) is 66.9 Å². The number of carbonyl (C=O) groups is 1. The van der Waals surface area contributed by atoms with Crippen molar-refractivity contribution in [2.75, 3.05) is 33.4 Å². The number of amides is 1. The smallest absolute Gasteiger partial charge is 0.243 e. The Morgan fingerprint density at radius 1 is 1.15 bits per heavy atom. The molecular weight excluding hydrogens is 492 g/mol. The van der Waals surface area contributed by atoms with E-state index in [2.05, 4.69) is 11.4 Å². The molecule has 34 heavy (non-hydrogen) atoms. The Bertz CT molecular complexity index is 1240. The quantitative estimate of drug-likeness (QED) is 0.439. The lowest BCUT2D eigenvalue weighted by molar-refractivity contribution is -0.133. The largest absolute Gasteiger partial charge is 0.383 e. The summed E-state index contributed by atoms with van der Waals surface area (Å²) in [6.45, 7) is 2.54. The number of benzene rings is 2. The first-order valence-corrected chi connectivity index (χ1v) is 13.7. The molecule has 0 N–H and O–H groups in total. The zero-order chi connectivity index (χ0) is 24.3. The van der Waals surface area contributed by atoms with Crippen molar-refractivity contribution in [1.82, 2.24) is 9.21 Å². The van der Waals surface area contributed by atoms with E-state index in [4.69, 9.17) is 16.3 Å². The van der Waals surface area contributed by atoms with Gasteiger partial charge in [0.25, 0.3) is 0 Å². The van der Waals surface area contributed by atoms with E-state index in [0.29, 0.717) is 11.6 Å². The van der Waals surface area contributed by atoms with Gasteiger partial charge in [0.2, 0.25) is 15.9 Å². The first-order chi connectivity index (χ1) is 16.3. The lowest BCUT2D eigenvalue weighted by Crippen LogP contribution is -2.47. The van der Waals surface area contributed by atoms with Gasteiger partial charge < -0.3 is 9.64 Å². The number of methoxy groups -OCH3 is 1. The summed E-state index contributed by atoms with van der Waals surface area (Å²) < 4.78 is 33.1. The van der Waals surface area contributed by atoms with Gasteiger partial charge in [-0.1, -0.05) is 41.4 Å². The van der Waals surface area contributed by atoms with Gasteiger partial charge in [0.15, 0.2) is 0 Å². The molecule has 4 rings (SSSR count). The zero-order valence-corrected chi connectivity index (χ0v) is 21.5. The predicted molar refractivity (Wildman–Crippen MR) is 135 cm³/mol. The minimum atomic E-state index is -3.91. The maximum Gasteiger partial charge on any atom is 0.243 e. The van der Waals surface area contributed by atoms with Gasteiger partial charge in [-0.25, -0.2) is 8.42 Å². The summed E-state index contributed by atoms with van der Waals surface area (Å²) in [5, 5.41) is 2.50. The summed E-state index contributed by atoms with van der Waals surface area (Å²) in [6, 6.07) is 15.9. The van der Waals surface area contributed by atoms with E-state index < -0.39 is 10.0 Å². The van der Waals surface area contributed by atoms with Crippen molar-refractivity contribution >= 4 is 38.9 Å². The third kappa shape index (κ3) is 5.21. The van der Waals surface area contributed by atoms with Crippen LogP contribution < -0.4 is 0 Å². The number of thiophene rings is 1. The molecule has 2 aromatic carbocycles. The van der Waals surface area contributed by atoms with Crippen LogP contribution in [0.3, 0.4) is 0 Å². The molecule has 1 unspecified atom stereocenters. The molecule has 9 heteroatoms. The number of halogens is 1. The standard InChI is InChI=1S/C25H27ClN2O4S2/c1-18-3-5-19(6-4-18)25-22-12-16-33-23(22)11-13-28(25)24(29)17-27(14-15-32-2)34(30,31)21-9-7-20(26)8-10-21/h3-10,12,16,25H,11,13-15,17H2,1-2H3. The summed E-state index contributed by atoms with van der Waals surface area (Å²) in [6.07, 6.45) is 0.753. The maximum absolute atomic E-state index is 13.6. The van der Waals surface area contributed by atoms with Gasteiger partial charge in [0.1, 0.15) is 0 Å². The Balaban J connectivity index is 1.64. The van der Waals surface area contributed by atoms with Crippen LogP contribution in [0.2, 0.25) is 5.02 Å². The van der Waals surface area contributed by atoms with E-state index in [1.165, 1.54) is 40.6 Å². The number of rotatable bonds is 8. The lowest BCUT2D eigenvalue weighted by atomic mass is 9.92. The molecule has 0 radical (unpaired) electrons. The van der Waals surface area contributed by atoms with Crippen molar-refractivity contribution in [3.05, 3.63) is 86.6 Å². The second kappa shape index (κ2) is 10.6. The summed E-state index contributed by atoms with van der Waals surface area (Å²) in [5.74, 6) is -0.240. The first kappa shape index (κ1) is 24.9. The van der Waals surface area contributed by atoms with E-state index in [1.807, 2.05) is 31.2 Å². The fourth-order valence-corrected chi connectivity index (χ4v) is 6.57. The van der Waals surface area contributed by atoms with Crippen LogP contribution >= 0.6 is 22.9 Å². The Hall–Kier alpha value is -2.23. The van der Waals surface area contributed by atoms with Crippen LogP contribution in [-0.2, 0) is 26.0 Å². The van der Waals surface area contributed by atoms with E-state index >= 15 is 0 Å². The van der Waals surface area contributed by atoms with Crippen molar-refractivity contribution in [3.63, 3.8) is 0 Å². The van der Waals surface area contributed by atoms with Crippen LogP contribution in [0.25, 0.3) is 0 Å². The van der Waals surface area contributed by atoms with Crippen LogP contribution in [-0.4, -0.2) is 56.9 Å². The molecule has 1 aliphatic heterocycles. The van der Waals surface area contributed by atoms with Gasteiger partial charge in [0, 0.05) is 30.1 Å². The Morgan fingerprint density at radius 3 is 2.53 bits per heavy atom. The van der Waals surface area contributed by atoms with E-state index in [0.717, 1.165) is 23.1 Å². The van der Waals surface area contributed by atoms with Gasteiger partial charge >= 0.3 is 0 Å². The molecule has 1 amide bonds. The van der Waals surface area contributed by atoms with Crippen molar-refractivity contribution in [1.29, 1.82) is 0 Å². The van der Waals surface area contributed by atoms with Crippen LogP contribution in [0.1, 0.15) is 27.6 Å². The van der Waals surface area contributed by atoms with E-state index in [-0.39, 0.29) is 36.5 Å². The molecule has 0 saturated heterocycles. The number of fused-ring (bicyclic) bond motifs is 1. The number of nitrogens with zero attached hydrogens (tertiary/aromatic N) is 2. The Labute approximate surface area is 209 Å². The maximum atomic E-state index is 13.6. The third-order valence-electron chi connectivity index (χ3n) is 5.99. The van der Waals surface area contributed by atoms with Crippen molar-refractivity contribution in [2.24, 2.45) is 0 Å². The molecular formula is C25H27ClN2O4S2. The highest BCUT2D eigenvalue weighted by Crippen LogP contribution is 2.38. The minimum Gasteiger partial charge on any atom is -0.383 e. The third-order valence-corrected chi connectivity index (χ3v) is 9.10. The molecule has 0 spiro atoms. The van der Waals surface area contributed by atoms with Crippen molar-refractivity contribution in [3.8, 4) is 0 Å². The normalized spacial score (nSPS) is 16.0.